The molecular formula is C4H9O2P. The third kappa shape index (κ3) is 6.09. The van der Waals surface area contributed by atoms with E-state index in [-0.39, 0.29) is 0 Å². The second kappa shape index (κ2) is 6.09. The van der Waals surface area contributed by atoms with E-state index in [1.54, 1.807) is 6.08 Å². The monoisotopic (exact) mass is 120 g/mol. The van der Waals surface area contributed by atoms with Gasteiger partial charge in [0, 0.05) is 9.47 Å². The first kappa shape index (κ1) is 7.09. The van der Waals surface area contributed by atoms with E-state index < -0.39 is 0 Å². The fraction of sp³-hybridized carbons (Fsp3) is 0.500. The molecule has 42 valence electrons. The van der Waals surface area contributed by atoms with Gasteiger partial charge >= 0.3 is 0 Å². The predicted molar refractivity (Wildman–Crippen MR) is 31.6 cm³/mol. The van der Waals surface area contributed by atoms with E-state index >= 15 is 0 Å². The lowest BCUT2D eigenvalue weighted by Gasteiger charge is -1.91. The summed E-state index contributed by atoms with van der Waals surface area (Å²) in [4.78, 5) is 4.47. The molecular weight excluding hydrogens is 111 g/mol. The van der Waals surface area contributed by atoms with E-state index in [9.17, 15) is 0 Å². The van der Waals surface area contributed by atoms with E-state index in [0.717, 1.165) is 6.42 Å². The Hall–Kier alpha value is 0.0900. The summed E-state index contributed by atoms with van der Waals surface area (Å²) in [6, 6.07) is 0. The summed E-state index contributed by atoms with van der Waals surface area (Å²) in [6.07, 6.45) is 2.60. The van der Waals surface area contributed by atoms with E-state index in [1.807, 2.05) is 9.47 Å². The normalized spacial score (nSPS) is 8.71. The Balaban J connectivity index is 2.56. The molecule has 7 heavy (non-hydrogen) atoms. The van der Waals surface area contributed by atoms with Crippen molar-refractivity contribution < 1.29 is 9.56 Å². The maximum atomic E-state index is 4.47. The summed E-state index contributed by atoms with van der Waals surface area (Å²) in [6.45, 7) is 4.07. The van der Waals surface area contributed by atoms with Crippen LogP contribution in [0.3, 0.4) is 0 Å². The topological polar surface area (TPSA) is 18.5 Å². The van der Waals surface area contributed by atoms with Gasteiger partial charge in [0.1, 0.15) is 0 Å². The predicted octanol–water partition coefficient (Wildman–Crippen LogP) is 1.30. The Kier molecular flexibility index (Phi) is 6.17. The summed E-state index contributed by atoms with van der Waals surface area (Å²) >= 11 is 0. The third-order valence-corrected chi connectivity index (χ3v) is 0.609. The average molecular weight is 120 g/mol. The molecule has 3 heteroatoms. The molecule has 0 saturated heterocycles. The molecule has 2 nitrogen and oxygen atoms in total. The van der Waals surface area contributed by atoms with Crippen LogP contribution in [0, 0.1) is 0 Å². The van der Waals surface area contributed by atoms with Gasteiger partial charge in [-0.2, -0.15) is 0 Å². The van der Waals surface area contributed by atoms with Gasteiger partial charge in [-0.3, -0.25) is 0 Å². The zero-order valence-corrected chi connectivity index (χ0v) is 5.25. The van der Waals surface area contributed by atoms with Gasteiger partial charge in [0.25, 0.3) is 0 Å². The molecule has 0 heterocycles. The summed E-state index contributed by atoms with van der Waals surface area (Å²) < 4.78 is 4.21. The van der Waals surface area contributed by atoms with Gasteiger partial charge in [-0.05, 0) is 6.42 Å². The summed E-state index contributed by atoms with van der Waals surface area (Å²) in [7, 11) is 1.99. The van der Waals surface area contributed by atoms with Gasteiger partial charge in [-0.1, -0.05) is 6.08 Å². The minimum absolute atomic E-state index is 0.576. The standard InChI is InChI=1S/C4H9O2P/c1-2-3-4-5-6-7/h2H,1,3-4,7H2. The fourth-order valence-corrected chi connectivity index (χ4v) is 0.276. The average Bonchev–Trinajstić information content (AvgIpc) is 1.69. The largest absolute Gasteiger partial charge is 0.234 e. The lowest BCUT2D eigenvalue weighted by atomic mass is 10.5. The van der Waals surface area contributed by atoms with Crippen LogP contribution in [0.1, 0.15) is 6.42 Å². The molecule has 1 atom stereocenters. The first-order chi connectivity index (χ1) is 3.41. The highest BCUT2D eigenvalue weighted by Crippen LogP contribution is 1.88. The Labute approximate surface area is 45.7 Å². The number of rotatable bonds is 4. The van der Waals surface area contributed by atoms with Crippen molar-refractivity contribution in [1.82, 2.24) is 0 Å². The van der Waals surface area contributed by atoms with Crippen LogP contribution < -0.4 is 0 Å². The molecule has 0 aliphatic carbocycles. The molecule has 1 unspecified atom stereocenters. The van der Waals surface area contributed by atoms with E-state index in [0.29, 0.717) is 6.61 Å². The van der Waals surface area contributed by atoms with Crippen molar-refractivity contribution >= 4 is 9.47 Å². The van der Waals surface area contributed by atoms with Crippen molar-refractivity contribution in [3.05, 3.63) is 12.7 Å². The summed E-state index contributed by atoms with van der Waals surface area (Å²) in [5.74, 6) is 0. The Morgan fingerprint density at radius 2 is 2.43 bits per heavy atom. The van der Waals surface area contributed by atoms with Gasteiger partial charge in [0.05, 0.1) is 6.61 Å². The van der Waals surface area contributed by atoms with E-state index in [1.165, 1.54) is 0 Å². The first-order valence-corrected chi connectivity index (χ1v) is 2.48. The number of hydrogen-bond acceptors (Lipinski definition) is 2. The minimum Gasteiger partial charge on any atom is -0.234 e. The van der Waals surface area contributed by atoms with Crippen LogP contribution in [0.2, 0.25) is 0 Å². The second-order valence-corrected chi connectivity index (χ2v) is 1.19. The van der Waals surface area contributed by atoms with Crippen LogP contribution in [-0.4, -0.2) is 6.61 Å². The smallest absolute Gasteiger partial charge is 0.0859 e. The highest BCUT2D eigenvalue weighted by molar-refractivity contribution is 7.09. The lowest BCUT2D eigenvalue weighted by Crippen LogP contribution is -1.84. The molecule has 0 saturated carbocycles. The SMILES string of the molecule is C=CCCOOP. The number of hydrogen-bond donors (Lipinski definition) is 0. The molecule has 0 bridgehead atoms. The third-order valence-electron chi connectivity index (χ3n) is 0.473. The van der Waals surface area contributed by atoms with Crippen LogP contribution in [-0.2, 0) is 9.56 Å². The molecule has 0 radical (unpaired) electrons. The zero-order chi connectivity index (χ0) is 5.54. The minimum atomic E-state index is 0.576. The zero-order valence-electron chi connectivity index (χ0n) is 4.09. The molecule has 0 aliphatic rings. The summed E-state index contributed by atoms with van der Waals surface area (Å²) in [5.41, 5.74) is 0. The molecule has 0 aromatic heterocycles. The lowest BCUT2D eigenvalue weighted by molar-refractivity contribution is -0.191. The summed E-state index contributed by atoms with van der Waals surface area (Å²) in [5, 5.41) is 0. The Bertz CT molecular complexity index is 47.0. The highest BCUT2D eigenvalue weighted by atomic mass is 31.0. The van der Waals surface area contributed by atoms with Gasteiger partial charge in [-0.15, -0.1) is 6.58 Å². The molecule has 0 spiro atoms. The Morgan fingerprint density at radius 3 is 2.86 bits per heavy atom. The Morgan fingerprint density at radius 1 is 1.71 bits per heavy atom. The van der Waals surface area contributed by atoms with Crippen molar-refractivity contribution in [2.24, 2.45) is 0 Å². The fourth-order valence-electron chi connectivity index (χ4n) is 0.180. The van der Waals surface area contributed by atoms with Crippen molar-refractivity contribution in [3.63, 3.8) is 0 Å². The van der Waals surface area contributed by atoms with Crippen LogP contribution in [0.25, 0.3) is 0 Å². The van der Waals surface area contributed by atoms with Gasteiger partial charge in [-0.25, -0.2) is 9.56 Å². The molecule has 0 rings (SSSR count). The second-order valence-electron chi connectivity index (χ2n) is 0.996. The first-order valence-electron chi connectivity index (χ1n) is 2.01. The maximum absolute atomic E-state index is 4.47. The van der Waals surface area contributed by atoms with Crippen LogP contribution >= 0.6 is 9.47 Å². The molecule has 0 aromatic rings. The van der Waals surface area contributed by atoms with Crippen molar-refractivity contribution in [1.29, 1.82) is 0 Å². The van der Waals surface area contributed by atoms with Crippen molar-refractivity contribution in [3.8, 4) is 0 Å². The van der Waals surface area contributed by atoms with Crippen LogP contribution in [0.5, 0.6) is 0 Å². The molecule has 0 aromatic carbocycles. The van der Waals surface area contributed by atoms with E-state index in [4.69, 9.17) is 0 Å². The van der Waals surface area contributed by atoms with Crippen LogP contribution in [0.4, 0.5) is 0 Å². The molecule has 0 fully saturated rings. The molecule has 0 amide bonds. The maximum Gasteiger partial charge on any atom is 0.0859 e. The van der Waals surface area contributed by atoms with Gasteiger partial charge in [0.15, 0.2) is 0 Å². The van der Waals surface area contributed by atoms with Gasteiger partial charge in [0.2, 0.25) is 0 Å². The highest BCUT2D eigenvalue weighted by Gasteiger charge is 1.76. The van der Waals surface area contributed by atoms with E-state index in [2.05, 4.69) is 16.1 Å². The molecule has 0 N–H and O–H groups in total. The molecule has 0 aliphatic heterocycles. The quantitative estimate of drug-likeness (QED) is 0.183. The van der Waals surface area contributed by atoms with Gasteiger partial charge < -0.3 is 0 Å². The van der Waals surface area contributed by atoms with Crippen LogP contribution in [0.15, 0.2) is 12.7 Å². The van der Waals surface area contributed by atoms with Crippen molar-refractivity contribution in [2.75, 3.05) is 6.61 Å². The van der Waals surface area contributed by atoms with Crippen molar-refractivity contribution in [2.45, 2.75) is 6.42 Å².